The predicted octanol–water partition coefficient (Wildman–Crippen LogP) is 7.04. The number of rotatable bonds is 7. The highest BCUT2D eigenvalue weighted by molar-refractivity contribution is 8.00. The maximum Gasteiger partial charge on any atom is 0.316 e. The molecule has 4 aromatic rings. The number of aromatic nitrogens is 2. The van der Waals surface area contributed by atoms with Crippen LogP contribution in [0.1, 0.15) is 50.2 Å². The van der Waals surface area contributed by atoms with Crippen LogP contribution in [0.5, 0.6) is 0 Å². The largest absolute Gasteiger partial charge is 0.459 e. The summed E-state index contributed by atoms with van der Waals surface area (Å²) in [7, 11) is 0. The minimum Gasteiger partial charge on any atom is -0.459 e. The van der Waals surface area contributed by atoms with Crippen molar-refractivity contribution in [3.05, 3.63) is 89.1 Å². The van der Waals surface area contributed by atoms with Gasteiger partial charge in [-0.3, -0.25) is 4.79 Å². The molecule has 0 bridgehead atoms. The highest BCUT2D eigenvalue weighted by Gasteiger charge is 2.19. The van der Waals surface area contributed by atoms with Crippen molar-refractivity contribution in [2.75, 3.05) is 5.75 Å². The average Bonchev–Trinajstić information content (AvgIpc) is 3.14. The second-order valence-corrected chi connectivity index (χ2v) is 10.6. The third kappa shape index (κ3) is 5.93. The van der Waals surface area contributed by atoms with Crippen molar-refractivity contribution >= 4 is 23.2 Å². The van der Waals surface area contributed by atoms with E-state index in [1.165, 1.54) is 40.7 Å². The number of hydrogen-bond donors (Lipinski definition) is 0. The van der Waals surface area contributed by atoms with Gasteiger partial charge in [-0.1, -0.05) is 55.1 Å². The summed E-state index contributed by atoms with van der Waals surface area (Å²) in [6.07, 6.45) is 3.66. The summed E-state index contributed by atoms with van der Waals surface area (Å²) >= 11 is 1.41. The van der Waals surface area contributed by atoms with E-state index >= 15 is 0 Å². The van der Waals surface area contributed by atoms with Crippen LogP contribution in [0, 0.1) is 12.7 Å². The zero-order valence-electron chi connectivity index (χ0n) is 20.9. The molecule has 0 spiro atoms. The SMILES string of the molecule is CCc1cc2c(SCC(=O)OC(C)(C)C)nc(C)cn2c1Cc1ccccc1-c1ccc(F)cc1. The van der Waals surface area contributed by atoms with Crippen molar-refractivity contribution in [3.63, 3.8) is 0 Å². The van der Waals surface area contributed by atoms with E-state index in [9.17, 15) is 9.18 Å². The molecule has 2 heterocycles. The lowest BCUT2D eigenvalue weighted by Crippen LogP contribution is -2.24. The van der Waals surface area contributed by atoms with Crippen molar-refractivity contribution in [2.24, 2.45) is 0 Å². The first-order valence-corrected chi connectivity index (χ1v) is 12.8. The first-order valence-electron chi connectivity index (χ1n) is 11.8. The third-order valence-corrected chi connectivity index (χ3v) is 6.66. The van der Waals surface area contributed by atoms with Gasteiger partial charge in [0.2, 0.25) is 0 Å². The van der Waals surface area contributed by atoms with Crippen LogP contribution >= 0.6 is 11.8 Å². The van der Waals surface area contributed by atoms with Crippen LogP contribution < -0.4 is 0 Å². The van der Waals surface area contributed by atoms with Gasteiger partial charge >= 0.3 is 5.97 Å². The maximum atomic E-state index is 13.5. The summed E-state index contributed by atoms with van der Waals surface area (Å²) in [5.41, 5.74) is 7.06. The molecule has 0 aliphatic rings. The Bertz CT molecular complexity index is 1350. The number of halogens is 1. The monoisotopic (exact) mass is 490 g/mol. The quantitative estimate of drug-likeness (QED) is 0.206. The zero-order chi connectivity index (χ0) is 25.2. The maximum absolute atomic E-state index is 13.5. The molecule has 35 heavy (non-hydrogen) atoms. The summed E-state index contributed by atoms with van der Waals surface area (Å²) in [6.45, 7) is 9.73. The highest BCUT2D eigenvalue weighted by Crippen LogP contribution is 2.31. The Morgan fingerprint density at radius 1 is 1.09 bits per heavy atom. The van der Waals surface area contributed by atoms with Crippen LogP contribution in [-0.2, 0) is 22.4 Å². The predicted molar refractivity (Wildman–Crippen MR) is 141 cm³/mol. The summed E-state index contributed by atoms with van der Waals surface area (Å²) in [4.78, 5) is 17.1. The fraction of sp³-hybridized carbons (Fsp3) is 0.310. The summed E-state index contributed by atoms with van der Waals surface area (Å²) in [5, 5.41) is 0.823. The van der Waals surface area contributed by atoms with Gasteiger partial charge in [-0.2, -0.15) is 0 Å². The normalized spacial score (nSPS) is 11.7. The topological polar surface area (TPSA) is 43.6 Å². The van der Waals surface area contributed by atoms with E-state index in [-0.39, 0.29) is 17.5 Å². The molecule has 2 aromatic carbocycles. The van der Waals surface area contributed by atoms with Gasteiger partial charge in [0.05, 0.1) is 17.0 Å². The lowest BCUT2D eigenvalue weighted by molar-refractivity contribution is -0.151. The van der Waals surface area contributed by atoms with Crippen molar-refractivity contribution in [3.8, 4) is 11.1 Å². The number of aryl methyl sites for hydroxylation is 2. The van der Waals surface area contributed by atoms with Gasteiger partial charge in [0, 0.05) is 18.3 Å². The summed E-state index contributed by atoms with van der Waals surface area (Å²) in [6, 6.07) is 17.1. The molecule has 2 aromatic heterocycles. The molecule has 0 aliphatic carbocycles. The van der Waals surface area contributed by atoms with E-state index in [2.05, 4.69) is 35.7 Å². The van der Waals surface area contributed by atoms with Crippen LogP contribution in [-0.4, -0.2) is 26.7 Å². The Morgan fingerprint density at radius 2 is 1.80 bits per heavy atom. The van der Waals surface area contributed by atoms with E-state index in [1.54, 1.807) is 0 Å². The number of carbonyl (C=O) groups excluding carboxylic acids is 1. The fourth-order valence-electron chi connectivity index (χ4n) is 4.24. The standard InChI is InChI=1S/C29H31FN2O2S/c1-6-20-15-26-28(35-18-27(33)34-29(3,4)5)31-19(2)17-32(26)25(20)16-22-9-7-8-10-24(22)21-11-13-23(30)14-12-21/h7-15,17H,6,16,18H2,1-5H3. The van der Waals surface area contributed by atoms with E-state index in [1.807, 2.05) is 52.0 Å². The van der Waals surface area contributed by atoms with Crippen LogP contribution in [0.25, 0.3) is 16.6 Å². The number of thioether (sulfide) groups is 1. The van der Waals surface area contributed by atoms with Crippen LogP contribution in [0.4, 0.5) is 4.39 Å². The van der Waals surface area contributed by atoms with Gasteiger partial charge in [0.15, 0.2) is 0 Å². The molecule has 0 atom stereocenters. The number of carbonyl (C=O) groups is 1. The van der Waals surface area contributed by atoms with E-state index in [0.29, 0.717) is 0 Å². The molecule has 4 rings (SSSR count). The van der Waals surface area contributed by atoms with Crippen molar-refractivity contribution in [1.29, 1.82) is 0 Å². The smallest absolute Gasteiger partial charge is 0.316 e. The number of esters is 1. The molecule has 0 unspecified atom stereocenters. The van der Waals surface area contributed by atoms with Gasteiger partial charge in [-0.05, 0) is 74.6 Å². The Kier molecular flexibility index (Phi) is 7.31. The number of nitrogens with zero attached hydrogens (tertiary/aromatic N) is 2. The number of fused-ring (bicyclic) bond motifs is 1. The third-order valence-electron chi connectivity index (χ3n) is 5.70. The molecule has 6 heteroatoms. The summed E-state index contributed by atoms with van der Waals surface area (Å²) in [5.74, 6) is -0.283. The first kappa shape index (κ1) is 25.0. The molecule has 0 N–H and O–H groups in total. The van der Waals surface area contributed by atoms with Gasteiger partial charge in [-0.15, -0.1) is 0 Å². The first-order chi connectivity index (χ1) is 16.6. The minimum absolute atomic E-state index is 0.207. The van der Waals surface area contributed by atoms with Crippen molar-refractivity contribution < 1.29 is 13.9 Å². The Hall–Kier alpha value is -3.12. The zero-order valence-corrected chi connectivity index (χ0v) is 21.7. The number of hydrogen-bond acceptors (Lipinski definition) is 4. The molecule has 0 saturated carbocycles. The lowest BCUT2D eigenvalue weighted by atomic mass is 9.95. The number of benzene rings is 2. The highest BCUT2D eigenvalue weighted by atomic mass is 32.2. The van der Waals surface area contributed by atoms with E-state index in [4.69, 9.17) is 9.72 Å². The van der Waals surface area contributed by atoms with Gasteiger partial charge in [0.25, 0.3) is 0 Å². The molecule has 0 fully saturated rings. The van der Waals surface area contributed by atoms with Crippen LogP contribution in [0.2, 0.25) is 0 Å². The fourth-order valence-corrected chi connectivity index (χ4v) is 5.07. The second kappa shape index (κ2) is 10.2. The van der Waals surface area contributed by atoms with Gasteiger partial charge in [0.1, 0.15) is 16.4 Å². The summed E-state index contributed by atoms with van der Waals surface area (Å²) < 4.78 is 21.2. The molecule has 0 radical (unpaired) electrons. The Labute approximate surface area is 210 Å². The molecular formula is C29H31FN2O2S. The Balaban J connectivity index is 1.71. The molecular weight excluding hydrogens is 459 g/mol. The second-order valence-electron chi connectivity index (χ2n) is 9.63. The van der Waals surface area contributed by atoms with Crippen molar-refractivity contribution in [1.82, 2.24) is 9.38 Å². The van der Waals surface area contributed by atoms with Crippen molar-refractivity contribution in [2.45, 2.75) is 58.1 Å². The van der Waals surface area contributed by atoms with Crippen LogP contribution in [0.3, 0.4) is 0 Å². The van der Waals surface area contributed by atoms with E-state index in [0.717, 1.165) is 40.2 Å². The Morgan fingerprint density at radius 3 is 2.49 bits per heavy atom. The lowest BCUT2D eigenvalue weighted by Gasteiger charge is -2.19. The van der Waals surface area contributed by atoms with E-state index < -0.39 is 5.60 Å². The molecule has 0 aliphatic heterocycles. The minimum atomic E-state index is -0.511. The molecule has 182 valence electrons. The molecule has 0 amide bonds. The molecule has 4 nitrogen and oxygen atoms in total. The molecule has 0 saturated heterocycles. The van der Waals surface area contributed by atoms with Gasteiger partial charge in [-0.25, -0.2) is 9.37 Å². The van der Waals surface area contributed by atoms with Gasteiger partial charge < -0.3 is 9.14 Å². The number of ether oxygens (including phenoxy) is 1. The van der Waals surface area contributed by atoms with Crippen LogP contribution in [0.15, 0.2) is 65.8 Å². The average molecular weight is 491 g/mol.